The molecule has 3 nitrogen and oxygen atoms in total. The van der Waals surface area contributed by atoms with Gasteiger partial charge in [0.15, 0.2) is 0 Å². The molecule has 0 aromatic heterocycles. The summed E-state index contributed by atoms with van der Waals surface area (Å²) in [6.45, 7) is -0.346. The predicted octanol–water partition coefficient (Wildman–Crippen LogP) is 5.15. The molecule has 9 heteroatoms. The van der Waals surface area contributed by atoms with Gasteiger partial charge in [0.1, 0.15) is 12.4 Å². The Morgan fingerprint density at radius 3 is 2.32 bits per heavy atom. The van der Waals surface area contributed by atoms with Crippen molar-refractivity contribution in [2.24, 2.45) is 5.16 Å². The van der Waals surface area contributed by atoms with Gasteiger partial charge in [-0.05, 0) is 23.8 Å². The summed E-state index contributed by atoms with van der Waals surface area (Å²) in [7, 11) is 0. The molecular weight excluding hydrogens is 352 g/mol. The van der Waals surface area contributed by atoms with Crippen molar-refractivity contribution in [2.75, 3.05) is 0 Å². The van der Waals surface area contributed by atoms with E-state index in [1.54, 1.807) is 0 Å². The summed E-state index contributed by atoms with van der Waals surface area (Å²) in [5, 5.41) is 3.47. The van der Waals surface area contributed by atoms with Crippen molar-refractivity contribution in [1.29, 1.82) is 0 Å². The molecule has 0 aliphatic heterocycles. The van der Waals surface area contributed by atoms with Gasteiger partial charge in [-0.2, -0.15) is 13.2 Å². The van der Waals surface area contributed by atoms with Crippen LogP contribution in [0.25, 0.3) is 0 Å². The summed E-state index contributed by atoms with van der Waals surface area (Å²) in [5.74, 6) is -0.440. The van der Waals surface area contributed by atoms with Crippen molar-refractivity contribution < 1.29 is 35.9 Å². The fraction of sp³-hybridized carbons (Fsp3) is 0.188. The monoisotopic (exact) mass is 363 g/mol. The van der Waals surface area contributed by atoms with E-state index in [1.165, 1.54) is 30.3 Å². The second kappa shape index (κ2) is 7.45. The topological polar surface area (TPSA) is 30.8 Å². The average Bonchev–Trinajstić information content (AvgIpc) is 2.51. The fourth-order valence-corrected chi connectivity index (χ4v) is 1.85. The predicted molar refractivity (Wildman–Crippen MR) is 77.0 cm³/mol. The van der Waals surface area contributed by atoms with Crippen LogP contribution >= 0.6 is 0 Å². The molecule has 2 aromatic rings. The van der Waals surface area contributed by atoms with Crippen LogP contribution in [0.2, 0.25) is 0 Å². The number of alkyl halides is 6. The Morgan fingerprint density at radius 1 is 0.920 bits per heavy atom. The zero-order valence-corrected chi connectivity index (χ0v) is 12.4. The lowest BCUT2D eigenvalue weighted by Crippen LogP contribution is -2.18. The first-order chi connectivity index (χ1) is 11.6. The third-order valence-electron chi connectivity index (χ3n) is 2.91. The van der Waals surface area contributed by atoms with Crippen molar-refractivity contribution in [3.05, 3.63) is 65.2 Å². The van der Waals surface area contributed by atoms with E-state index >= 15 is 0 Å². The summed E-state index contributed by atoms with van der Waals surface area (Å²) in [6.07, 6.45) is -8.31. The van der Waals surface area contributed by atoms with Gasteiger partial charge in [-0.1, -0.05) is 35.5 Å². The first kappa shape index (κ1) is 18.6. The van der Waals surface area contributed by atoms with Gasteiger partial charge >= 0.3 is 12.5 Å². The summed E-state index contributed by atoms with van der Waals surface area (Å²) in [4.78, 5) is 4.85. The van der Waals surface area contributed by atoms with E-state index in [-0.39, 0.29) is 17.7 Å². The van der Waals surface area contributed by atoms with Crippen LogP contribution in [-0.2, 0) is 17.6 Å². The smallest absolute Gasteiger partial charge is 0.405 e. The normalized spacial score (nSPS) is 12.4. The van der Waals surface area contributed by atoms with Crippen LogP contribution in [0, 0.1) is 0 Å². The van der Waals surface area contributed by atoms with E-state index in [0.29, 0.717) is 0 Å². The molecule has 2 aromatic carbocycles. The third-order valence-corrected chi connectivity index (χ3v) is 2.91. The van der Waals surface area contributed by atoms with E-state index in [0.717, 1.165) is 24.4 Å². The molecule has 0 saturated heterocycles. The number of rotatable bonds is 5. The quantitative estimate of drug-likeness (QED) is 0.418. The number of ether oxygens (including phenoxy) is 1. The lowest BCUT2D eigenvalue weighted by molar-refractivity contribution is -0.275. The number of benzene rings is 2. The minimum atomic E-state index is -4.85. The van der Waals surface area contributed by atoms with Crippen LogP contribution in [0.3, 0.4) is 0 Å². The molecular formula is C16H11F6NO2. The Bertz CT molecular complexity index is 740. The number of hydrogen-bond acceptors (Lipinski definition) is 3. The van der Waals surface area contributed by atoms with E-state index < -0.39 is 23.9 Å². The lowest BCUT2D eigenvalue weighted by atomic mass is 10.1. The van der Waals surface area contributed by atoms with Crippen LogP contribution in [0.15, 0.2) is 53.7 Å². The Morgan fingerprint density at radius 2 is 1.64 bits per heavy atom. The average molecular weight is 363 g/mol. The van der Waals surface area contributed by atoms with Gasteiger partial charge in [-0.3, -0.25) is 0 Å². The van der Waals surface area contributed by atoms with Crippen molar-refractivity contribution in [1.82, 2.24) is 0 Å². The molecule has 0 saturated carbocycles. The molecule has 134 valence electrons. The largest absolute Gasteiger partial charge is 0.573 e. The summed E-state index contributed by atoms with van der Waals surface area (Å²) < 4.78 is 78.4. The van der Waals surface area contributed by atoms with Gasteiger partial charge in [-0.15, -0.1) is 13.2 Å². The highest BCUT2D eigenvalue weighted by Gasteiger charge is 2.32. The molecule has 0 spiro atoms. The molecule has 0 N–H and O–H groups in total. The molecule has 0 heterocycles. The van der Waals surface area contributed by atoms with Gasteiger partial charge in [0.25, 0.3) is 0 Å². The van der Waals surface area contributed by atoms with Gasteiger partial charge in [0, 0.05) is 5.56 Å². The molecule has 0 atom stereocenters. The maximum Gasteiger partial charge on any atom is 0.573 e. The maximum atomic E-state index is 12.6. The van der Waals surface area contributed by atoms with E-state index in [1.807, 2.05) is 0 Å². The van der Waals surface area contributed by atoms with Gasteiger partial charge in [0.05, 0.1) is 11.8 Å². The molecule has 0 aliphatic rings. The van der Waals surface area contributed by atoms with E-state index in [9.17, 15) is 26.3 Å². The highest BCUT2D eigenvalue weighted by Crippen LogP contribution is 2.29. The minimum Gasteiger partial charge on any atom is -0.405 e. The van der Waals surface area contributed by atoms with Crippen LogP contribution in [0.5, 0.6) is 5.75 Å². The molecule has 2 rings (SSSR count). The van der Waals surface area contributed by atoms with Gasteiger partial charge in [0.2, 0.25) is 0 Å². The Balaban J connectivity index is 2.01. The molecule has 25 heavy (non-hydrogen) atoms. The van der Waals surface area contributed by atoms with Crippen molar-refractivity contribution in [3.8, 4) is 5.75 Å². The first-order valence-corrected chi connectivity index (χ1v) is 6.81. The van der Waals surface area contributed by atoms with E-state index in [4.69, 9.17) is 4.84 Å². The fourth-order valence-electron chi connectivity index (χ4n) is 1.85. The third kappa shape index (κ3) is 6.02. The molecule has 0 radical (unpaired) electrons. The SMILES string of the molecule is FC(F)(F)Oc1ccccc1CON=Cc1cccc(C(F)(F)F)c1. The number of nitrogens with zero attached hydrogens (tertiary/aromatic N) is 1. The number of halogens is 6. The summed E-state index contributed by atoms with van der Waals surface area (Å²) >= 11 is 0. The summed E-state index contributed by atoms with van der Waals surface area (Å²) in [6, 6.07) is 9.66. The van der Waals surface area contributed by atoms with Crippen molar-refractivity contribution in [2.45, 2.75) is 19.1 Å². The second-order valence-electron chi connectivity index (χ2n) is 4.79. The second-order valence-corrected chi connectivity index (χ2v) is 4.79. The Kier molecular flexibility index (Phi) is 5.55. The molecule has 0 bridgehead atoms. The molecule has 0 fully saturated rings. The summed E-state index contributed by atoms with van der Waals surface area (Å²) in [5.41, 5.74) is -0.629. The minimum absolute atomic E-state index is 0.0843. The van der Waals surface area contributed by atoms with Crippen LogP contribution < -0.4 is 4.74 Å². The molecule has 0 amide bonds. The highest BCUT2D eigenvalue weighted by atomic mass is 19.4. The molecule has 0 unspecified atom stereocenters. The first-order valence-electron chi connectivity index (χ1n) is 6.81. The number of oxime groups is 1. The Labute approximate surface area is 138 Å². The van der Waals surface area contributed by atoms with E-state index in [2.05, 4.69) is 9.89 Å². The van der Waals surface area contributed by atoms with Crippen molar-refractivity contribution >= 4 is 6.21 Å². The Hall–Kier alpha value is -2.71. The van der Waals surface area contributed by atoms with Gasteiger partial charge < -0.3 is 9.57 Å². The highest BCUT2D eigenvalue weighted by molar-refractivity contribution is 5.79. The number of hydrogen-bond donors (Lipinski definition) is 0. The van der Waals surface area contributed by atoms with Gasteiger partial charge in [-0.25, -0.2) is 0 Å². The van der Waals surface area contributed by atoms with Crippen LogP contribution in [0.4, 0.5) is 26.3 Å². The lowest BCUT2D eigenvalue weighted by Gasteiger charge is -2.12. The zero-order chi connectivity index (χ0) is 18.5. The molecule has 0 aliphatic carbocycles. The van der Waals surface area contributed by atoms with Crippen LogP contribution in [0.1, 0.15) is 16.7 Å². The van der Waals surface area contributed by atoms with Crippen LogP contribution in [-0.4, -0.2) is 12.6 Å². The zero-order valence-electron chi connectivity index (χ0n) is 12.4. The number of para-hydroxylation sites is 1. The maximum absolute atomic E-state index is 12.6. The standard InChI is InChI=1S/C16H11F6NO2/c17-15(18,19)13-6-3-4-11(8-13)9-23-24-10-12-5-1-2-7-14(12)25-16(20,21)22/h1-9H,10H2. The van der Waals surface area contributed by atoms with Crippen molar-refractivity contribution in [3.63, 3.8) is 0 Å².